The van der Waals surface area contributed by atoms with Crippen molar-refractivity contribution >= 4 is 11.8 Å². The maximum Gasteiger partial charge on any atom is 0.224 e. The Morgan fingerprint density at radius 1 is 1.26 bits per heavy atom. The van der Waals surface area contributed by atoms with Crippen molar-refractivity contribution in [1.29, 1.82) is 0 Å². The SMILES string of the molecule is Cc1cc(N(C)C)nc(NC[C@H]2CC[C@@H](N)CC2)n1. The third-order valence-electron chi connectivity index (χ3n) is 3.74. The quantitative estimate of drug-likeness (QED) is 0.866. The summed E-state index contributed by atoms with van der Waals surface area (Å²) < 4.78 is 0. The van der Waals surface area contributed by atoms with Crippen LogP contribution in [0.25, 0.3) is 0 Å². The molecule has 5 heteroatoms. The van der Waals surface area contributed by atoms with Crippen molar-refractivity contribution in [3.63, 3.8) is 0 Å². The van der Waals surface area contributed by atoms with Crippen molar-refractivity contribution < 1.29 is 0 Å². The number of aromatic nitrogens is 2. The van der Waals surface area contributed by atoms with Crippen molar-refractivity contribution in [3.05, 3.63) is 11.8 Å². The summed E-state index contributed by atoms with van der Waals surface area (Å²) in [4.78, 5) is 11.0. The maximum absolute atomic E-state index is 5.93. The molecule has 0 aromatic carbocycles. The van der Waals surface area contributed by atoms with E-state index in [1.165, 1.54) is 12.8 Å². The van der Waals surface area contributed by atoms with Crippen molar-refractivity contribution in [2.24, 2.45) is 11.7 Å². The molecule has 0 aliphatic heterocycles. The molecular formula is C14H25N5. The smallest absolute Gasteiger partial charge is 0.224 e. The number of rotatable bonds is 4. The number of nitrogens with two attached hydrogens (primary N) is 1. The molecule has 1 aromatic rings. The zero-order valence-electron chi connectivity index (χ0n) is 12.2. The van der Waals surface area contributed by atoms with Gasteiger partial charge in [0.2, 0.25) is 5.95 Å². The molecule has 106 valence electrons. The molecule has 1 fully saturated rings. The van der Waals surface area contributed by atoms with E-state index in [9.17, 15) is 0 Å². The Morgan fingerprint density at radius 2 is 1.95 bits per heavy atom. The van der Waals surface area contributed by atoms with E-state index in [2.05, 4.69) is 15.3 Å². The number of nitrogens with one attached hydrogen (secondary N) is 1. The molecule has 0 amide bonds. The molecule has 0 spiro atoms. The second-order valence-electron chi connectivity index (χ2n) is 5.75. The Bertz CT molecular complexity index is 410. The molecule has 1 aromatic heterocycles. The van der Waals surface area contributed by atoms with E-state index in [0.29, 0.717) is 12.0 Å². The molecule has 5 nitrogen and oxygen atoms in total. The number of hydrogen-bond acceptors (Lipinski definition) is 5. The average molecular weight is 263 g/mol. The highest BCUT2D eigenvalue weighted by Crippen LogP contribution is 2.23. The lowest BCUT2D eigenvalue weighted by atomic mass is 9.86. The second-order valence-corrected chi connectivity index (χ2v) is 5.75. The van der Waals surface area contributed by atoms with Crippen LogP contribution in [-0.4, -0.2) is 36.6 Å². The fourth-order valence-electron chi connectivity index (χ4n) is 2.49. The summed E-state index contributed by atoms with van der Waals surface area (Å²) in [5.74, 6) is 2.38. The van der Waals surface area contributed by atoms with Crippen LogP contribution in [0.2, 0.25) is 0 Å². The number of aryl methyl sites for hydroxylation is 1. The summed E-state index contributed by atoms with van der Waals surface area (Å²) in [7, 11) is 3.99. The lowest BCUT2D eigenvalue weighted by molar-refractivity contribution is 0.338. The van der Waals surface area contributed by atoms with E-state index in [-0.39, 0.29) is 0 Å². The first kappa shape index (κ1) is 14.1. The monoisotopic (exact) mass is 263 g/mol. The van der Waals surface area contributed by atoms with Crippen LogP contribution in [0.15, 0.2) is 6.07 Å². The second kappa shape index (κ2) is 6.19. The Labute approximate surface area is 115 Å². The van der Waals surface area contributed by atoms with Gasteiger partial charge in [-0.15, -0.1) is 0 Å². The van der Waals surface area contributed by atoms with Crippen LogP contribution in [-0.2, 0) is 0 Å². The normalized spacial score (nSPS) is 23.2. The van der Waals surface area contributed by atoms with Crippen molar-refractivity contribution in [3.8, 4) is 0 Å². The van der Waals surface area contributed by atoms with Gasteiger partial charge in [-0.25, -0.2) is 4.98 Å². The Kier molecular flexibility index (Phi) is 4.58. The minimum absolute atomic E-state index is 0.409. The van der Waals surface area contributed by atoms with Gasteiger partial charge in [0.15, 0.2) is 0 Å². The fraction of sp³-hybridized carbons (Fsp3) is 0.714. The molecule has 0 atom stereocenters. The molecule has 0 saturated heterocycles. The summed E-state index contributed by atoms with van der Waals surface area (Å²) in [5.41, 5.74) is 6.92. The molecule has 0 unspecified atom stereocenters. The highest BCUT2D eigenvalue weighted by Gasteiger charge is 2.18. The van der Waals surface area contributed by atoms with E-state index in [1.807, 2.05) is 32.0 Å². The lowest BCUT2D eigenvalue weighted by Gasteiger charge is -2.26. The van der Waals surface area contributed by atoms with Crippen LogP contribution < -0.4 is 16.0 Å². The largest absolute Gasteiger partial charge is 0.363 e. The molecular weight excluding hydrogens is 238 g/mol. The Morgan fingerprint density at radius 3 is 2.58 bits per heavy atom. The van der Waals surface area contributed by atoms with E-state index in [1.54, 1.807) is 0 Å². The molecule has 3 N–H and O–H groups in total. The zero-order chi connectivity index (χ0) is 13.8. The molecule has 1 aliphatic carbocycles. The van der Waals surface area contributed by atoms with Crippen molar-refractivity contribution in [2.75, 3.05) is 30.9 Å². The van der Waals surface area contributed by atoms with Gasteiger partial charge < -0.3 is 16.0 Å². The molecule has 1 aliphatic rings. The van der Waals surface area contributed by atoms with Crippen LogP contribution in [0.4, 0.5) is 11.8 Å². The minimum atomic E-state index is 0.409. The first-order chi connectivity index (χ1) is 9.04. The van der Waals surface area contributed by atoms with Crippen LogP contribution >= 0.6 is 0 Å². The van der Waals surface area contributed by atoms with Gasteiger partial charge in [0.05, 0.1) is 0 Å². The third-order valence-corrected chi connectivity index (χ3v) is 3.74. The summed E-state index contributed by atoms with van der Waals surface area (Å²) in [6.45, 7) is 2.95. The van der Waals surface area contributed by atoms with E-state index in [4.69, 9.17) is 5.73 Å². The van der Waals surface area contributed by atoms with Crippen LogP contribution in [0.5, 0.6) is 0 Å². The summed E-state index contributed by atoms with van der Waals surface area (Å²) in [5, 5.41) is 3.38. The Hall–Kier alpha value is -1.36. The molecule has 1 heterocycles. The van der Waals surface area contributed by atoms with Crippen LogP contribution in [0, 0.1) is 12.8 Å². The fourth-order valence-corrected chi connectivity index (χ4v) is 2.49. The molecule has 2 rings (SSSR count). The maximum atomic E-state index is 5.93. The number of anilines is 2. The van der Waals surface area contributed by atoms with Gasteiger partial charge in [-0.2, -0.15) is 4.98 Å². The first-order valence-corrected chi connectivity index (χ1v) is 7.07. The van der Waals surface area contributed by atoms with Crippen molar-refractivity contribution in [2.45, 2.75) is 38.6 Å². The van der Waals surface area contributed by atoms with E-state index >= 15 is 0 Å². The van der Waals surface area contributed by atoms with Gasteiger partial charge >= 0.3 is 0 Å². The van der Waals surface area contributed by atoms with E-state index in [0.717, 1.165) is 36.8 Å². The average Bonchev–Trinajstić information content (AvgIpc) is 2.37. The van der Waals surface area contributed by atoms with Gasteiger partial charge in [0.1, 0.15) is 5.82 Å². The summed E-state index contributed by atoms with van der Waals surface area (Å²) >= 11 is 0. The standard InChI is InChI=1S/C14H25N5/c1-10-8-13(19(2)3)18-14(17-10)16-9-11-4-6-12(15)7-5-11/h8,11-12H,4-7,9,15H2,1-3H3,(H,16,17,18)/t11-,12+. The molecule has 1 saturated carbocycles. The molecule has 0 bridgehead atoms. The topological polar surface area (TPSA) is 67.1 Å². The van der Waals surface area contributed by atoms with Crippen molar-refractivity contribution in [1.82, 2.24) is 9.97 Å². The van der Waals surface area contributed by atoms with Crippen LogP contribution in [0.1, 0.15) is 31.4 Å². The lowest BCUT2D eigenvalue weighted by Crippen LogP contribution is -2.29. The number of nitrogens with zero attached hydrogens (tertiary/aromatic N) is 3. The van der Waals surface area contributed by atoms with E-state index < -0.39 is 0 Å². The third kappa shape index (κ3) is 4.06. The van der Waals surface area contributed by atoms with Gasteiger partial charge in [-0.3, -0.25) is 0 Å². The highest BCUT2D eigenvalue weighted by molar-refractivity contribution is 5.43. The summed E-state index contributed by atoms with van der Waals surface area (Å²) in [6, 6.07) is 2.40. The van der Waals surface area contributed by atoms with Gasteiger partial charge in [0, 0.05) is 38.4 Å². The molecule has 0 radical (unpaired) electrons. The van der Waals surface area contributed by atoms with Gasteiger partial charge in [-0.05, 0) is 38.5 Å². The summed E-state index contributed by atoms with van der Waals surface area (Å²) in [6.07, 6.45) is 4.70. The van der Waals surface area contributed by atoms with Crippen LogP contribution in [0.3, 0.4) is 0 Å². The highest BCUT2D eigenvalue weighted by atomic mass is 15.2. The first-order valence-electron chi connectivity index (χ1n) is 7.07. The number of hydrogen-bond donors (Lipinski definition) is 2. The predicted molar refractivity (Wildman–Crippen MR) is 79.5 cm³/mol. The molecule has 19 heavy (non-hydrogen) atoms. The predicted octanol–water partition coefficient (Wildman–Crippen LogP) is 1.78. The van der Waals surface area contributed by atoms with Gasteiger partial charge in [0.25, 0.3) is 0 Å². The Balaban J connectivity index is 1.92. The van der Waals surface area contributed by atoms with Gasteiger partial charge in [-0.1, -0.05) is 0 Å². The minimum Gasteiger partial charge on any atom is -0.363 e. The zero-order valence-corrected chi connectivity index (χ0v) is 12.2.